The Labute approximate surface area is 167 Å². The molecule has 0 saturated heterocycles. The van der Waals surface area contributed by atoms with Crippen LogP contribution in [-0.2, 0) is 0 Å². The first-order chi connectivity index (χ1) is 14.0. The summed E-state index contributed by atoms with van der Waals surface area (Å²) in [5, 5.41) is 13.6. The predicted molar refractivity (Wildman–Crippen MR) is 112 cm³/mol. The smallest absolute Gasteiger partial charge is 0.233 e. The molecule has 4 N–H and O–H groups in total. The van der Waals surface area contributed by atoms with E-state index < -0.39 is 0 Å². The molecule has 0 unspecified atom stereocenters. The second kappa shape index (κ2) is 7.23. The summed E-state index contributed by atoms with van der Waals surface area (Å²) in [5.74, 6) is 1.92. The van der Waals surface area contributed by atoms with E-state index in [4.69, 9.17) is 15.5 Å². The van der Waals surface area contributed by atoms with E-state index in [2.05, 4.69) is 20.3 Å². The van der Waals surface area contributed by atoms with Crippen molar-refractivity contribution in [2.45, 2.75) is 13.8 Å². The van der Waals surface area contributed by atoms with E-state index >= 15 is 0 Å². The fraction of sp³-hybridized carbons (Fsp3) is 0.143. The van der Waals surface area contributed by atoms with Crippen molar-refractivity contribution >= 4 is 22.5 Å². The van der Waals surface area contributed by atoms with Gasteiger partial charge in [0, 0.05) is 24.4 Å². The number of hydrogen-bond donors (Lipinski definition) is 3. The number of nitrogens with one attached hydrogen (secondary N) is 1. The number of aryl methyl sites for hydroxylation is 1. The van der Waals surface area contributed by atoms with Gasteiger partial charge < -0.3 is 20.9 Å². The van der Waals surface area contributed by atoms with Crippen molar-refractivity contribution in [3.8, 4) is 28.6 Å². The van der Waals surface area contributed by atoms with Crippen LogP contribution in [-0.4, -0.2) is 32.1 Å². The quantitative estimate of drug-likeness (QED) is 0.483. The zero-order valence-electron chi connectivity index (χ0n) is 16.3. The monoisotopic (exact) mass is 388 g/mol. The summed E-state index contributed by atoms with van der Waals surface area (Å²) in [4.78, 5) is 17.4. The number of phenolic OH excluding ortho intramolecular Hbond substituents is 1. The van der Waals surface area contributed by atoms with Gasteiger partial charge in [0.2, 0.25) is 5.88 Å². The summed E-state index contributed by atoms with van der Waals surface area (Å²) in [6.45, 7) is 3.68. The number of phenols is 1. The van der Waals surface area contributed by atoms with E-state index in [1.165, 1.54) is 6.33 Å². The molecular formula is C21H20N6O2. The highest BCUT2D eigenvalue weighted by molar-refractivity contribution is 5.94. The van der Waals surface area contributed by atoms with Crippen LogP contribution >= 0.6 is 0 Å². The van der Waals surface area contributed by atoms with E-state index in [-0.39, 0.29) is 17.4 Å². The molecule has 0 aliphatic heterocycles. The lowest BCUT2D eigenvalue weighted by molar-refractivity contribution is 0.440. The summed E-state index contributed by atoms with van der Waals surface area (Å²) in [5.41, 5.74) is 9.69. The van der Waals surface area contributed by atoms with Gasteiger partial charge in [-0.2, -0.15) is 0 Å². The Balaban J connectivity index is 1.94. The predicted octanol–water partition coefficient (Wildman–Crippen LogP) is 3.83. The zero-order chi connectivity index (χ0) is 20.5. The number of ether oxygens (including phenoxy) is 1. The van der Waals surface area contributed by atoms with E-state index in [0.29, 0.717) is 33.7 Å². The van der Waals surface area contributed by atoms with Gasteiger partial charge >= 0.3 is 0 Å². The maximum atomic E-state index is 10.1. The maximum Gasteiger partial charge on any atom is 0.233 e. The van der Waals surface area contributed by atoms with Crippen LogP contribution in [0.15, 0.2) is 42.9 Å². The van der Waals surface area contributed by atoms with Crippen molar-refractivity contribution in [2.75, 3.05) is 18.1 Å². The molecule has 3 aromatic heterocycles. The molecule has 146 valence electrons. The Morgan fingerprint density at radius 2 is 1.90 bits per heavy atom. The third-order valence-corrected chi connectivity index (χ3v) is 4.70. The molecule has 4 aromatic rings. The van der Waals surface area contributed by atoms with Crippen molar-refractivity contribution < 1.29 is 9.84 Å². The number of nitrogens with zero attached hydrogens (tertiary/aromatic N) is 4. The third kappa shape index (κ3) is 3.36. The highest BCUT2D eigenvalue weighted by atomic mass is 16.5. The SMILES string of the molecule is CNc1cc(-c2cc3ncnc(N)c3c(Oc3c(C)ccc(O)c3C)n2)ccn1. The molecule has 0 bridgehead atoms. The van der Waals surface area contributed by atoms with Gasteiger partial charge in [-0.25, -0.2) is 19.9 Å². The molecule has 8 heteroatoms. The first-order valence-corrected chi connectivity index (χ1v) is 9.00. The number of nitrogen functional groups attached to an aromatic ring is 1. The minimum Gasteiger partial charge on any atom is -0.508 e. The molecule has 8 nitrogen and oxygen atoms in total. The summed E-state index contributed by atoms with van der Waals surface area (Å²) in [6, 6.07) is 8.98. The van der Waals surface area contributed by atoms with E-state index in [1.54, 1.807) is 32.3 Å². The highest BCUT2D eigenvalue weighted by Gasteiger charge is 2.17. The number of hydrogen-bond acceptors (Lipinski definition) is 8. The molecular weight excluding hydrogens is 368 g/mol. The number of rotatable bonds is 4. The minimum atomic E-state index is 0.142. The Bertz CT molecular complexity index is 1230. The number of fused-ring (bicyclic) bond motifs is 1. The van der Waals surface area contributed by atoms with E-state index in [0.717, 1.165) is 11.1 Å². The second-order valence-corrected chi connectivity index (χ2v) is 6.60. The van der Waals surface area contributed by atoms with Gasteiger partial charge in [-0.3, -0.25) is 0 Å². The van der Waals surface area contributed by atoms with Gasteiger partial charge in [-0.05, 0) is 43.7 Å². The molecule has 0 aliphatic rings. The van der Waals surface area contributed by atoms with Crippen LogP contribution in [0.25, 0.3) is 22.2 Å². The topological polar surface area (TPSA) is 119 Å². The van der Waals surface area contributed by atoms with Crippen LogP contribution in [0.4, 0.5) is 11.6 Å². The number of aromatic hydroxyl groups is 1. The molecule has 29 heavy (non-hydrogen) atoms. The van der Waals surface area contributed by atoms with Gasteiger partial charge in [0.1, 0.15) is 34.8 Å². The number of anilines is 2. The molecule has 0 atom stereocenters. The van der Waals surface area contributed by atoms with E-state index in [1.807, 2.05) is 25.1 Å². The minimum absolute atomic E-state index is 0.142. The Morgan fingerprint density at radius 1 is 1.07 bits per heavy atom. The summed E-state index contributed by atoms with van der Waals surface area (Å²) in [6.07, 6.45) is 3.10. The molecule has 0 saturated carbocycles. The van der Waals surface area contributed by atoms with Crippen LogP contribution in [0.3, 0.4) is 0 Å². The van der Waals surface area contributed by atoms with Gasteiger partial charge in [0.05, 0.1) is 11.2 Å². The average Bonchev–Trinajstić information content (AvgIpc) is 2.73. The fourth-order valence-electron chi connectivity index (χ4n) is 3.09. The molecule has 0 amide bonds. The van der Waals surface area contributed by atoms with Gasteiger partial charge in [0.15, 0.2) is 0 Å². The Kier molecular flexibility index (Phi) is 4.59. The second-order valence-electron chi connectivity index (χ2n) is 6.60. The maximum absolute atomic E-state index is 10.1. The molecule has 1 aromatic carbocycles. The summed E-state index contributed by atoms with van der Waals surface area (Å²) >= 11 is 0. The average molecular weight is 388 g/mol. The zero-order valence-corrected chi connectivity index (χ0v) is 16.3. The molecule has 0 aliphatic carbocycles. The van der Waals surface area contributed by atoms with Gasteiger partial charge in [0.25, 0.3) is 0 Å². The summed E-state index contributed by atoms with van der Waals surface area (Å²) in [7, 11) is 1.80. The van der Waals surface area contributed by atoms with Crippen LogP contribution in [0, 0.1) is 13.8 Å². The van der Waals surface area contributed by atoms with Gasteiger partial charge in [-0.1, -0.05) is 6.07 Å². The standard InChI is InChI=1S/C21H20N6O2/c1-11-4-5-16(28)12(2)19(11)29-21-18-15(25-10-26-20(18)22)9-14(27-21)13-6-7-24-17(8-13)23-3/h4-10,28H,1-3H3,(H,23,24)(H2,22,25,26). The molecule has 4 rings (SSSR count). The van der Waals surface area contributed by atoms with Crippen molar-refractivity contribution in [3.05, 3.63) is 54.0 Å². The molecule has 0 fully saturated rings. The van der Waals surface area contributed by atoms with E-state index in [9.17, 15) is 5.11 Å². The lowest BCUT2D eigenvalue weighted by Gasteiger charge is -2.15. The lowest BCUT2D eigenvalue weighted by atomic mass is 10.1. The number of benzene rings is 1. The Hall–Kier alpha value is -3.94. The van der Waals surface area contributed by atoms with Crippen molar-refractivity contribution in [2.24, 2.45) is 0 Å². The highest BCUT2D eigenvalue weighted by Crippen LogP contribution is 2.38. The van der Waals surface area contributed by atoms with Crippen LogP contribution in [0.5, 0.6) is 17.4 Å². The lowest BCUT2D eigenvalue weighted by Crippen LogP contribution is -2.01. The van der Waals surface area contributed by atoms with Crippen molar-refractivity contribution in [1.29, 1.82) is 0 Å². The van der Waals surface area contributed by atoms with Gasteiger partial charge in [-0.15, -0.1) is 0 Å². The normalized spacial score (nSPS) is 10.9. The number of nitrogens with two attached hydrogens (primary N) is 1. The number of pyridine rings is 2. The fourth-order valence-corrected chi connectivity index (χ4v) is 3.09. The molecule has 0 radical (unpaired) electrons. The van der Waals surface area contributed by atoms with Crippen LogP contribution < -0.4 is 15.8 Å². The first-order valence-electron chi connectivity index (χ1n) is 9.00. The molecule has 0 spiro atoms. The van der Waals surface area contributed by atoms with Crippen LogP contribution in [0.1, 0.15) is 11.1 Å². The van der Waals surface area contributed by atoms with Crippen molar-refractivity contribution in [3.63, 3.8) is 0 Å². The molecule has 3 heterocycles. The summed E-state index contributed by atoms with van der Waals surface area (Å²) < 4.78 is 6.17. The Morgan fingerprint density at radius 3 is 2.69 bits per heavy atom. The van der Waals surface area contributed by atoms with Crippen LogP contribution in [0.2, 0.25) is 0 Å². The largest absolute Gasteiger partial charge is 0.508 e. The third-order valence-electron chi connectivity index (χ3n) is 4.70. The van der Waals surface area contributed by atoms with Crippen molar-refractivity contribution in [1.82, 2.24) is 19.9 Å². The number of aromatic nitrogens is 4. The first kappa shape index (κ1) is 18.4.